The number of carbonyl (C=O) groups excluding carboxylic acids is 2. The Morgan fingerprint density at radius 2 is 1.84 bits per heavy atom. The van der Waals surface area contributed by atoms with Crippen molar-refractivity contribution in [2.24, 2.45) is 11.8 Å². The zero-order valence-corrected chi connectivity index (χ0v) is 22.3. The van der Waals surface area contributed by atoms with Crippen LogP contribution in [0.4, 0.5) is 16.6 Å². The zero-order chi connectivity index (χ0) is 26.4. The summed E-state index contributed by atoms with van der Waals surface area (Å²) < 4.78 is 5.86. The summed E-state index contributed by atoms with van der Waals surface area (Å²) in [5.74, 6) is -0.422. The average Bonchev–Trinajstić information content (AvgIpc) is 3.28. The van der Waals surface area contributed by atoms with Crippen LogP contribution in [0.3, 0.4) is 0 Å². The first kappa shape index (κ1) is 26.4. The summed E-state index contributed by atoms with van der Waals surface area (Å²) in [5.41, 5.74) is 9.20. The molecule has 0 radical (unpaired) electrons. The van der Waals surface area contributed by atoms with Crippen LogP contribution < -0.4 is 16.2 Å². The van der Waals surface area contributed by atoms with Gasteiger partial charge in [0.25, 0.3) is 0 Å². The van der Waals surface area contributed by atoms with Gasteiger partial charge in [-0.3, -0.25) is 20.4 Å². The number of hydrazine groups is 1. The standard InChI is InChI=1S/C27H28ClN5O3S/c1-16(2)12-19(26(35)36-3)14-25(34)33-32-24-13-18(10-11-29-24)17-4-7-21(8-5-17)30-27-31-22-9-6-20(28)15-23(22)37-27/h4-11,13,15-16,19H,12,14H2,1-3H3,(H,29,32)(H,30,31)(H,33,34)/t19-/m0/s1. The Bertz CT molecular complexity index is 1390. The fourth-order valence-corrected chi connectivity index (χ4v) is 5.07. The molecule has 0 aliphatic heterocycles. The smallest absolute Gasteiger partial charge is 0.309 e. The minimum Gasteiger partial charge on any atom is -0.469 e. The fraction of sp³-hybridized carbons (Fsp3) is 0.259. The van der Waals surface area contributed by atoms with E-state index in [1.54, 1.807) is 17.5 Å². The number of benzene rings is 2. The summed E-state index contributed by atoms with van der Waals surface area (Å²) in [6.45, 7) is 4.00. The summed E-state index contributed by atoms with van der Waals surface area (Å²) in [4.78, 5) is 33.3. The summed E-state index contributed by atoms with van der Waals surface area (Å²) >= 11 is 7.62. The molecule has 2 aromatic heterocycles. The van der Waals surface area contributed by atoms with Gasteiger partial charge in [-0.15, -0.1) is 0 Å². The van der Waals surface area contributed by atoms with E-state index in [2.05, 4.69) is 26.1 Å². The molecule has 0 aliphatic rings. The number of anilines is 3. The number of thiazole rings is 1. The summed E-state index contributed by atoms with van der Waals surface area (Å²) in [5, 5.41) is 4.81. The Morgan fingerprint density at radius 3 is 2.57 bits per heavy atom. The maximum atomic E-state index is 12.4. The van der Waals surface area contributed by atoms with E-state index in [4.69, 9.17) is 16.3 Å². The number of halogens is 1. The molecule has 2 heterocycles. The molecule has 4 aromatic rings. The Balaban J connectivity index is 1.36. The SMILES string of the molecule is COC(=O)[C@H](CC(=O)NNc1cc(-c2ccc(Nc3nc4ccc(Cl)cc4s3)cc2)ccn1)CC(C)C. The molecular formula is C27H28ClN5O3S. The Labute approximate surface area is 224 Å². The molecule has 8 nitrogen and oxygen atoms in total. The summed E-state index contributed by atoms with van der Waals surface area (Å²) in [7, 11) is 1.33. The second-order valence-corrected chi connectivity index (χ2v) is 10.5. The van der Waals surface area contributed by atoms with E-state index < -0.39 is 5.92 Å². The number of fused-ring (bicyclic) bond motifs is 1. The number of hydrogen-bond donors (Lipinski definition) is 3. The van der Waals surface area contributed by atoms with E-state index in [0.717, 1.165) is 32.2 Å². The van der Waals surface area contributed by atoms with Gasteiger partial charge in [0.2, 0.25) is 5.91 Å². The lowest BCUT2D eigenvalue weighted by Crippen LogP contribution is -2.33. The van der Waals surface area contributed by atoms with Gasteiger partial charge in [0.1, 0.15) is 5.82 Å². The van der Waals surface area contributed by atoms with E-state index in [0.29, 0.717) is 17.3 Å². The van der Waals surface area contributed by atoms with Gasteiger partial charge in [-0.1, -0.05) is 48.9 Å². The van der Waals surface area contributed by atoms with Crippen molar-refractivity contribution in [2.75, 3.05) is 17.9 Å². The quantitative estimate of drug-likeness (QED) is 0.158. The van der Waals surface area contributed by atoms with E-state index in [1.807, 2.05) is 68.4 Å². The number of rotatable bonds is 10. The van der Waals surface area contributed by atoms with E-state index >= 15 is 0 Å². The predicted octanol–water partition coefficient (Wildman–Crippen LogP) is 6.42. The van der Waals surface area contributed by atoms with Crippen LogP contribution in [-0.2, 0) is 14.3 Å². The molecule has 0 fully saturated rings. The highest BCUT2D eigenvalue weighted by Gasteiger charge is 2.23. The maximum Gasteiger partial charge on any atom is 0.309 e. The Kier molecular flexibility index (Phi) is 8.58. The van der Waals surface area contributed by atoms with Crippen LogP contribution in [0.1, 0.15) is 26.7 Å². The number of nitrogens with one attached hydrogen (secondary N) is 3. The number of ether oxygens (including phenoxy) is 1. The Morgan fingerprint density at radius 1 is 1.05 bits per heavy atom. The first-order chi connectivity index (χ1) is 17.8. The fourth-order valence-electron chi connectivity index (χ4n) is 3.91. The van der Waals surface area contributed by atoms with Crippen molar-refractivity contribution in [2.45, 2.75) is 26.7 Å². The summed E-state index contributed by atoms with van der Waals surface area (Å²) in [6, 6.07) is 17.3. The van der Waals surface area contributed by atoms with Crippen LogP contribution in [0.2, 0.25) is 5.02 Å². The molecule has 1 amide bonds. The number of amides is 1. The Hall–Kier alpha value is -3.69. The van der Waals surface area contributed by atoms with E-state index in [1.165, 1.54) is 7.11 Å². The van der Waals surface area contributed by atoms with Crippen LogP contribution >= 0.6 is 22.9 Å². The highest BCUT2D eigenvalue weighted by atomic mass is 35.5. The topological polar surface area (TPSA) is 105 Å². The number of carbonyl (C=O) groups is 2. The zero-order valence-electron chi connectivity index (χ0n) is 20.7. The minimum absolute atomic E-state index is 0.0354. The van der Waals surface area contributed by atoms with Crippen molar-refractivity contribution in [1.29, 1.82) is 0 Å². The molecule has 0 saturated carbocycles. The number of pyridine rings is 1. The van der Waals surface area contributed by atoms with Gasteiger partial charge in [-0.25, -0.2) is 9.97 Å². The molecule has 4 rings (SSSR count). The second kappa shape index (κ2) is 12.0. The molecule has 1 atom stereocenters. The number of methoxy groups -OCH3 is 1. The van der Waals surface area contributed by atoms with Gasteiger partial charge in [0, 0.05) is 23.3 Å². The second-order valence-electron chi connectivity index (χ2n) is 8.99. The first-order valence-corrected chi connectivity index (χ1v) is 13.0. The van der Waals surface area contributed by atoms with Crippen molar-refractivity contribution in [3.8, 4) is 11.1 Å². The lowest BCUT2D eigenvalue weighted by atomic mass is 9.94. The average molecular weight is 538 g/mol. The van der Waals surface area contributed by atoms with Crippen LogP contribution in [0.15, 0.2) is 60.8 Å². The third-order valence-electron chi connectivity index (χ3n) is 5.63. The molecule has 10 heteroatoms. The van der Waals surface area contributed by atoms with Crippen molar-refractivity contribution < 1.29 is 14.3 Å². The molecule has 0 bridgehead atoms. The van der Waals surface area contributed by atoms with Gasteiger partial charge in [-0.2, -0.15) is 0 Å². The predicted molar refractivity (Wildman–Crippen MR) is 149 cm³/mol. The summed E-state index contributed by atoms with van der Waals surface area (Å²) in [6.07, 6.45) is 2.28. The number of hydrogen-bond acceptors (Lipinski definition) is 8. The van der Waals surface area contributed by atoms with Gasteiger partial charge in [0.05, 0.1) is 23.2 Å². The largest absolute Gasteiger partial charge is 0.469 e. The highest BCUT2D eigenvalue weighted by Crippen LogP contribution is 2.31. The van der Waals surface area contributed by atoms with Gasteiger partial charge >= 0.3 is 5.97 Å². The number of esters is 1. The van der Waals surface area contributed by atoms with Gasteiger partial charge in [-0.05, 0) is 65.9 Å². The third kappa shape index (κ3) is 7.18. The lowest BCUT2D eigenvalue weighted by molar-refractivity contribution is -0.148. The molecule has 37 heavy (non-hydrogen) atoms. The molecule has 192 valence electrons. The van der Waals surface area contributed by atoms with E-state index in [9.17, 15) is 9.59 Å². The van der Waals surface area contributed by atoms with Crippen molar-refractivity contribution in [3.05, 3.63) is 65.8 Å². The lowest BCUT2D eigenvalue weighted by Gasteiger charge is -2.16. The molecule has 0 unspecified atom stereocenters. The van der Waals surface area contributed by atoms with E-state index in [-0.39, 0.29) is 24.2 Å². The number of nitrogens with zero attached hydrogens (tertiary/aromatic N) is 2. The van der Waals surface area contributed by atoms with Crippen molar-refractivity contribution in [3.63, 3.8) is 0 Å². The molecule has 2 aromatic carbocycles. The van der Waals surface area contributed by atoms with Crippen LogP contribution in [-0.4, -0.2) is 29.0 Å². The van der Waals surface area contributed by atoms with Gasteiger partial charge in [0.15, 0.2) is 5.13 Å². The minimum atomic E-state index is -0.487. The van der Waals surface area contributed by atoms with Crippen LogP contribution in [0, 0.1) is 11.8 Å². The normalized spacial score (nSPS) is 11.8. The highest BCUT2D eigenvalue weighted by molar-refractivity contribution is 7.22. The van der Waals surface area contributed by atoms with Crippen LogP contribution in [0.5, 0.6) is 0 Å². The maximum absolute atomic E-state index is 12.4. The van der Waals surface area contributed by atoms with Crippen LogP contribution in [0.25, 0.3) is 21.3 Å². The molecule has 0 spiro atoms. The molecule has 0 aliphatic carbocycles. The van der Waals surface area contributed by atoms with Crippen molar-refractivity contribution in [1.82, 2.24) is 15.4 Å². The molecular weight excluding hydrogens is 510 g/mol. The monoisotopic (exact) mass is 537 g/mol. The molecule has 0 saturated heterocycles. The van der Waals surface area contributed by atoms with Crippen molar-refractivity contribution >= 4 is 61.7 Å². The first-order valence-electron chi connectivity index (χ1n) is 11.8. The third-order valence-corrected chi connectivity index (χ3v) is 6.80. The molecule has 3 N–H and O–H groups in total. The van der Waals surface area contributed by atoms with Gasteiger partial charge < -0.3 is 10.1 Å². The number of aromatic nitrogens is 2.